The Labute approximate surface area is 169 Å². The van der Waals surface area contributed by atoms with E-state index in [4.69, 9.17) is 21.7 Å². The number of anilines is 1. The van der Waals surface area contributed by atoms with Crippen LogP contribution in [0.15, 0.2) is 59.8 Å². The number of ether oxygens (including phenoxy) is 2. The maximum absolute atomic E-state index is 13.2. The Morgan fingerprint density at radius 3 is 2.75 bits per heavy atom. The van der Waals surface area contributed by atoms with Crippen LogP contribution >= 0.6 is 12.2 Å². The van der Waals surface area contributed by atoms with E-state index in [2.05, 4.69) is 16.0 Å². The van der Waals surface area contributed by atoms with Gasteiger partial charge in [0, 0.05) is 5.70 Å². The number of allylic oxidation sites excluding steroid dienone is 1. The first-order chi connectivity index (χ1) is 13.5. The van der Waals surface area contributed by atoms with Crippen molar-refractivity contribution >= 4 is 28.9 Å². The van der Waals surface area contributed by atoms with Gasteiger partial charge in [-0.2, -0.15) is 0 Å². The summed E-state index contributed by atoms with van der Waals surface area (Å²) in [5.41, 5.74) is 2.74. The van der Waals surface area contributed by atoms with Crippen molar-refractivity contribution in [3.8, 4) is 11.5 Å². The number of nitrogens with one attached hydrogen (secondary N) is 3. The van der Waals surface area contributed by atoms with E-state index in [0.29, 0.717) is 40.2 Å². The van der Waals surface area contributed by atoms with E-state index in [1.807, 2.05) is 62.4 Å². The molecular formula is C21H23N3O3S. The Morgan fingerprint density at radius 2 is 2.00 bits per heavy atom. The SMILES string of the molecule is CCOc1ccccc1NC(=O)C1=C(C)NC(=S)N[C@@H]1c1cccc(OC)c1. The van der Waals surface area contributed by atoms with Crippen molar-refractivity contribution in [2.75, 3.05) is 19.0 Å². The van der Waals surface area contributed by atoms with Crippen molar-refractivity contribution in [2.45, 2.75) is 19.9 Å². The maximum atomic E-state index is 13.2. The molecule has 6 nitrogen and oxygen atoms in total. The van der Waals surface area contributed by atoms with Gasteiger partial charge in [-0.05, 0) is 55.9 Å². The van der Waals surface area contributed by atoms with Gasteiger partial charge in [0.15, 0.2) is 5.11 Å². The van der Waals surface area contributed by atoms with Crippen LogP contribution < -0.4 is 25.4 Å². The number of hydrogen-bond acceptors (Lipinski definition) is 4. The molecular weight excluding hydrogens is 374 g/mol. The molecule has 0 aromatic heterocycles. The number of carbonyl (C=O) groups is 1. The zero-order valence-corrected chi connectivity index (χ0v) is 16.9. The first-order valence-electron chi connectivity index (χ1n) is 8.99. The van der Waals surface area contributed by atoms with Crippen molar-refractivity contribution in [1.29, 1.82) is 0 Å². The van der Waals surface area contributed by atoms with Crippen LogP contribution in [0.1, 0.15) is 25.5 Å². The number of rotatable bonds is 6. The lowest BCUT2D eigenvalue weighted by Crippen LogP contribution is -2.45. The summed E-state index contributed by atoms with van der Waals surface area (Å²) in [7, 11) is 1.61. The molecule has 0 fully saturated rings. The van der Waals surface area contributed by atoms with E-state index in [1.165, 1.54) is 0 Å². The number of para-hydroxylation sites is 2. The lowest BCUT2D eigenvalue weighted by atomic mass is 9.94. The Hall–Kier alpha value is -3.06. The molecule has 1 amide bonds. The minimum absolute atomic E-state index is 0.236. The van der Waals surface area contributed by atoms with Gasteiger partial charge in [0.2, 0.25) is 0 Å². The summed E-state index contributed by atoms with van der Waals surface area (Å²) in [5, 5.41) is 9.66. The van der Waals surface area contributed by atoms with Crippen LogP contribution in [0.2, 0.25) is 0 Å². The molecule has 0 aliphatic carbocycles. The molecule has 1 heterocycles. The van der Waals surface area contributed by atoms with Gasteiger partial charge in [-0.15, -0.1) is 0 Å². The van der Waals surface area contributed by atoms with Crippen LogP contribution in [0.3, 0.4) is 0 Å². The molecule has 2 aromatic rings. The molecule has 1 atom stereocenters. The molecule has 0 saturated carbocycles. The van der Waals surface area contributed by atoms with Crippen LogP contribution in [0.5, 0.6) is 11.5 Å². The van der Waals surface area contributed by atoms with Gasteiger partial charge in [-0.1, -0.05) is 24.3 Å². The van der Waals surface area contributed by atoms with E-state index in [0.717, 1.165) is 5.56 Å². The third-order valence-corrected chi connectivity index (χ3v) is 4.60. The van der Waals surface area contributed by atoms with Gasteiger partial charge in [-0.25, -0.2) is 0 Å². The quantitative estimate of drug-likeness (QED) is 0.648. The van der Waals surface area contributed by atoms with E-state index >= 15 is 0 Å². The number of thiocarbonyl (C=S) groups is 1. The lowest BCUT2D eigenvalue weighted by Gasteiger charge is -2.30. The fourth-order valence-corrected chi connectivity index (χ4v) is 3.38. The van der Waals surface area contributed by atoms with Gasteiger partial charge >= 0.3 is 0 Å². The predicted octanol–water partition coefficient (Wildman–Crippen LogP) is 3.53. The summed E-state index contributed by atoms with van der Waals surface area (Å²) < 4.78 is 10.9. The van der Waals surface area contributed by atoms with E-state index in [1.54, 1.807) is 7.11 Å². The highest BCUT2D eigenvalue weighted by atomic mass is 32.1. The van der Waals surface area contributed by atoms with Crippen molar-refractivity contribution in [3.63, 3.8) is 0 Å². The second-order valence-corrected chi connectivity index (χ2v) is 6.64. The maximum Gasteiger partial charge on any atom is 0.255 e. The summed E-state index contributed by atoms with van der Waals surface area (Å²) in [6.45, 7) is 4.25. The lowest BCUT2D eigenvalue weighted by molar-refractivity contribution is -0.113. The summed E-state index contributed by atoms with van der Waals surface area (Å²) >= 11 is 5.31. The highest BCUT2D eigenvalue weighted by molar-refractivity contribution is 7.80. The first kappa shape index (κ1) is 19.7. The normalized spacial score (nSPS) is 16.1. The summed E-state index contributed by atoms with van der Waals surface area (Å²) in [4.78, 5) is 13.2. The molecule has 1 aliphatic heterocycles. The fourth-order valence-electron chi connectivity index (χ4n) is 3.11. The van der Waals surface area contributed by atoms with Crippen LogP contribution in [0.4, 0.5) is 5.69 Å². The molecule has 2 aromatic carbocycles. The average molecular weight is 398 g/mol. The Bertz CT molecular complexity index is 927. The third-order valence-electron chi connectivity index (χ3n) is 4.38. The van der Waals surface area contributed by atoms with E-state index in [9.17, 15) is 4.79 Å². The van der Waals surface area contributed by atoms with Gasteiger partial charge in [-0.3, -0.25) is 4.79 Å². The minimum Gasteiger partial charge on any atom is -0.497 e. The second kappa shape index (κ2) is 8.75. The number of hydrogen-bond donors (Lipinski definition) is 3. The molecule has 146 valence electrons. The first-order valence-corrected chi connectivity index (χ1v) is 9.39. The number of benzene rings is 2. The molecule has 7 heteroatoms. The zero-order chi connectivity index (χ0) is 20.1. The fraction of sp³-hybridized carbons (Fsp3) is 0.238. The highest BCUT2D eigenvalue weighted by Crippen LogP contribution is 2.31. The largest absolute Gasteiger partial charge is 0.497 e. The second-order valence-electron chi connectivity index (χ2n) is 6.23. The Morgan fingerprint density at radius 1 is 1.21 bits per heavy atom. The Kier molecular flexibility index (Phi) is 6.16. The molecule has 0 saturated heterocycles. The summed E-state index contributed by atoms with van der Waals surface area (Å²) in [5.74, 6) is 1.10. The number of methoxy groups -OCH3 is 1. The van der Waals surface area contributed by atoms with Gasteiger partial charge < -0.3 is 25.4 Å². The van der Waals surface area contributed by atoms with Crippen molar-refractivity contribution in [3.05, 3.63) is 65.4 Å². The van der Waals surface area contributed by atoms with E-state index in [-0.39, 0.29) is 5.91 Å². The number of carbonyl (C=O) groups excluding carboxylic acids is 1. The Balaban J connectivity index is 1.95. The minimum atomic E-state index is -0.400. The molecule has 0 unspecified atom stereocenters. The van der Waals surface area contributed by atoms with Gasteiger partial charge in [0.25, 0.3) is 5.91 Å². The molecule has 0 spiro atoms. The molecule has 0 radical (unpaired) electrons. The summed E-state index contributed by atoms with van der Waals surface area (Å²) in [6.07, 6.45) is 0. The standard InChI is InChI=1S/C21H23N3O3S/c1-4-27-17-11-6-5-10-16(17)23-20(25)18-13(2)22-21(28)24-19(18)14-8-7-9-15(12-14)26-3/h5-12,19H,4H2,1-3H3,(H,23,25)(H2,22,24,28)/t19-/m1/s1. The number of amides is 1. The van der Waals surface area contributed by atoms with Crippen molar-refractivity contribution in [2.24, 2.45) is 0 Å². The van der Waals surface area contributed by atoms with E-state index < -0.39 is 6.04 Å². The van der Waals surface area contributed by atoms with Gasteiger partial charge in [0.1, 0.15) is 11.5 Å². The molecule has 28 heavy (non-hydrogen) atoms. The topological polar surface area (TPSA) is 71.6 Å². The molecule has 0 bridgehead atoms. The monoisotopic (exact) mass is 397 g/mol. The molecule has 3 rings (SSSR count). The van der Waals surface area contributed by atoms with Crippen LogP contribution in [0, 0.1) is 0 Å². The van der Waals surface area contributed by atoms with Gasteiger partial charge in [0.05, 0.1) is 31.0 Å². The third kappa shape index (κ3) is 4.26. The van der Waals surface area contributed by atoms with Crippen LogP contribution in [-0.4, -0.2) is 24.7 Å². The predicted molar refractivity (Wildman–Crippen MR) is 114 cm³/mol. The highest BCUT2D eigenvalue weighted by Gasteiger charge is 2.30. The summed E-state index contributed by atoms with van der Waals surface area (Å²) in [6, 6.07) is 14.5. The van der Waals surface area contributed by atoms with Crippen LogP contribution in [0.25, 0.3) is 0 Å². The van der Waals surface area contributed by atoms with Crippen molar-refractivity contribution < 1.29 is 14.3 Å². The zero-order valence-electron chi connectivity index (χ0n) is 16.0. The molecule has 3 N–H and O–H groups in total. The molecule has 1 aliphatic rings. The average Bonchev–Trinajstić information content (AvgIpc) is 2.69. The van der Waals surface area contributed by atoms with Crippen molar-refractivity contribution in [1.82, 2.24) is 10.6 Å². The van der Waals surface area contributed by atoms with Crippen LogP contribution in [-0.2, 0) is 4.79 Å². The smallest absolute Gasteiger partial charge is 0.255 e.